The minimum Gasteiger partial charge on any atom is -0.297 e. The summed E-state index contributed by atoms with van der Waals surface area (Å²) in [6.07, 6.45) is 1.84. The lowest BCUT2D eigenvalue weighted by atomic mass is 10.1. The zero-order chi connectivity index (χ0) is 13.6. The van der Waals surface area contributed by atoms with Crippen LogP contribution in [0.3, 0.4) is 0 Å². The number of aromatic nitrogens is 2. The van der Waals surface area contributed by atoms with Crippen molar-refractivity contribution in [1.29, 1.82) is 0 Å². The van der Waals surface area contributed by atoms with Crippen LogP contribution in [-0.2, 0) is 0 Å². The number of halogens is 2. The first kappa shape index (κ1) is 12.5. The topological polar surface area (TPSA) is 17.3 Å². The van der Waals surface area contributed by atoms with Crippen molar-refractivity contribution in [3.63, 3.8) is 0 Å². The van der Waals surface area contributed by atoms with Crippen molar-refractivity contribution >= 4 is 28.8 Å². The monoisotopic (exact) mass is 290 g/mol. The number of rotatable bonds is 1. The SMILES string of the molecule is Cc1cc(C)n2c(-c3ccc(Cl)cc3Cl)cnc2c1. The van der Waals surface area contributed by atoms with E-state index in [1.165, 1.54) is 5.56 Å². The fourth-order valence-electron chi connectivity index (χ4n) is 2.37. The number of nitrogens with zero attached hydrogens (tertiary/aromatic N) is 2. The average molecular weight is 291 g/mol. The van der Waals surface area contributed by atoms with Crippen LogP contribution in [0.15, 0.2) is 36.5 Å². The predicted octanol–water partition coefficient (Wildman–Crippen LogP) is 4.92. The molecule has 0 radical (unpaired) electrons. The average Bonchev–Trinajstić information content (AvgIpc) is 2.72. The highest BCUT2D eigenvalue weighted by Gasteiger charge is 2.11. The summed E-state index contributed by atoms with van der Waals surface area (Å²) < 4.78 is 2.10. The highest BCUT2D eigenvalue weighted by Crippen LogP contribution is 2.31. The van der Waals surface area contributed by atoms with E-state index in [2.05, 4.69) is 35.4 Å². The Kier molecular flexibility index (Phi) is 3.00. The van der Waals surface area contributed by atoms with Crippen molar-refractivity contribution in [2.24, 2.45) is 0 Å². The Hall–Kier alpha value is -1.51. The van der Waals surface area contributed by atoms with Crippen molar-refractivity contribution in [2.75, 3.05) is 0 Å². The molecule has 96 valence electrons. The third-order valence-corrected chi connectivity index (χ3v) is 3.69. The van der Waals surface area contributed by atoms with E-state index in [0.717, 1.165) is 22.6 Å². The van der Waals surface area contributed by atoms with Gasteiger partial charge >= 0.3 is 0 Å². The van der Waals surface area contributed by atoms with Gasteiger partial charge in [0, 0.05) is 16.3 Å². The third-order valence-electron chi connectivity index (χ3n) is 3.14. The second-order valence-electron chi connectivity index (χ2n) is 4.64. The van der Waals surface area contributed by atoms with Gasteiger partial charge in [0.15, 0.2) is 0 Å². The second kappa shape index (κ2) is 4.55. The van der Waals surface area contributed by atoms with Gasteiger partial charge < -0.3 is 0 Å². The Bertz CT molecular complexity index is 775. The summed E-state index contributed by atoms with van der Waals surface area (Å²) in [7, 11) is 0. The van der Waals surface area contributed by atoms with E-state index in [4.69, 9.17) is 23.2 Å². The van der Waals surface area contributed by atoms with E-state index in [9.17, 15) is 0 Å². The lowest BCUT2D eigenvalue weighted by molar-refractivity contribution is 1.09. The molecule has 0 atom stereocenters. The third kappa shape index (κ3) is 2.11. The van der Waals surface area contributed by atoms with Crippen LogP contribution < -0.4 is 0 Å². The maximum Gasteiger partial charge on any atom is 0.137 e. The predicted molar refractivity (Wildman–Crippen MR) is 80.1 cm³/mol. The van der Waals surface area contributed by atoms with Crippen molar-refractivity contribution in [3.05, 3.63) is 57.8 Å². The summed E-state index contributed by atoms with van der Waals surface area (Å²) >= 11 is 12.2. The van der Waals surface area contributed by atoms with Crippen LogP contribution in [0.4, 0.5) is 0 Å². The van der Waals surface area contributed by atoms with E-state index in [-0.39, 0.29) is 0 Å². The molecule has 0 aliphatic rings. The molecule has 2 heterocycles. The zero-order valence-corrected chi connectivity index (χ0v) is 12.1. The molecule has 3 rings (SSSR count). The van der Waals surface area contributed by atoms with Gasteiger partial charge in [-0.25, -0.2) is 4.98 Å². The first-order valence-corrected chi connectivity index (χ1v) is 6.72. The summed E-state index contributed by atoms with van der Waals surface area (Å²) in [5.41, 5.74) is 5.18. The van der Waals surface area contributed by atoms with Gasteiger partial charge in [0.2, 0.25) is 0 Å². The van der Waals surface area contributed by atoms with E-state index < -0.39 is 0 Å². The number of benzene rings is 1. The molecule has 0 aliphatic heterocycles. The van der Waals surface area contributed by atoms with Gasteiger partial charge in [-0.3, -0.25) is 4.40 Å². The maximum atomic E-state index is 6.28. The van der Waals surface area contributed by atoms with Gasteiger partial charge in [0.05, 0.1) is 16.9 Å². The van der Waals surface area contributed by atoms with E-state index in [0.29, 0.717) is 10.0 Å². The summed E-state index contributed by atoms with van der Waals surface area (Å²) in [6.45, 7) is 4.13. The maximum absolute atomic E-state index is 6.28. The van der Waals surface area contributed by atoms with Crippen LogP contribution >= 0.6 is 23.2 Å². The fourth-order valence-corrected chi connectivity index (χ4v) is 2.87. The minimum atomic E-state index is 0.634. The normalized spacial score (nSPS) is 11.2. The number of pyridine rings is 1. The van der Waals surface area contributed by atoms with Crippen molar-refractivity contribution in [2.45, 2.75) is 13.8 Å². The molecular formula is C15H12Cl2N2. The summed E-state index contributed by atoms with van der Waals surface area (Å²) in [6, 6.07) is 9.70. The summed E-state index contributed by atoms with van der Waals surface area (Å²) in [5.74, 6) is 0. The molecule has 19 heavy (non-hydrogen) atoms. The number of hydrogen-bond donors (Lipinski definition) is 0. The van der Waals surface area contributed by atoms with Crippen LogP contribution in [0.25, 0.3) is 16.9 Å². The molecule has 0 spiro atoms. The van der Waals surface area contributed by atoms with Gasteiger partial charge in [-0.2, -0.15) is 0 Å². The standard InChI is InChI=1S/C15H12Cl2N2/c1-9-5-10(2)19-14(8-18-15(19)6-9)12-4-3-11(16)7-13(12)17/h3-8H,1-2H3. The van der Waals surface area contributed by atoms with Crippen LogP contribution in [-0.4, -0.2) is 9.38 Å². The first-order valence-electron chi connectivity index (χ1n) is 5.96. The Morgan fingerprint density at radius 3 is 2.58 bits per heavy atom. The van der Waals surface area contributed by atoms with Gasteiger partial charge in [0.1, 0.15) is 5.65 Å². The Morgan fingerprint density at radius 2 is 1.84 bits per heavy atom. The van der Waals surface area contributed by atoms with E-state index >= 15 is 0 Å². The highest BCUT2D eigenvalue weighted by atomic mass is 35.5. The van der Waals surface area contributed by atoms with E-state index in [1.54, 1.807) is 6.07 Å². The Balaban J connectivity index is 2.31. The lowest BCUT2D eigenvalue weighted by Gasteiger charge is -2.08. The largest absolute Gasteiger partial charge is 0.297 e. The van der Waals surface area contributed by atoms with Crippen LogP contribution in [0.2, 0.25) is 10.0 Å². The number of hydrogen-bond acceptors (Lipinski definition) is 1. The lowest BCUT2D eigenvalue weighted by Crippen LogP contribution is -1.95. The molecule has 0 saturated carbocycles. The van der Waals surface area contributed by atoms with Crippen LogP contribution in [0.1, 0.15) is 11.3 Å². The smallest absolute Gasteiger partial charge is 0.137 e. The minimum absolute atomic E-state index is 0.634. The van der Waals surface area contributed by atoms with Gasteiger partial charge in [-0.15, -0.1) is 0 Å². The molecule has 3 aromatic rings. The van der Waals surface area contributed by atoms with Crippen LogP contribution in [0, 0.1) is 13.8 Å². The van der Waals surface area contributed by atoms with Crippen molar-refractivity contribution < 1.29 is 0 Å². The Morgan fingerprint density at radius 1 is 1.05 bits per heavy atom. The fraction of sp³-hybridized carbons (Fsp3) is 0.133. The summed E-state index contributed by atoms with van der Waals surface area (Å²) in [5, 5.41) is 1.27. The number of aryl methyl sites for hydroxylation is 2. The molecule has 2 aromatic heterocycles. The Labute approximate surface area is 121 Å². The molecule has 0 N–H and O–H groups in total. The second-order valence-corrected chi connectivity index (χ2v) is 5.48. The van der Waals surface area contributed by atoms with Gasteiger partial charge in [-0.05, 0) is 49.7 Å². The number of imidazole rings is 1. The van der Waals surface area contributed by atoms with E-state index in [1.807, 2.05) is 18.3 Å². The van der Waals surface area contributed by atoms with Crippen LogP contribution in [0.5, 0.6) is 0 Å². The zero-order valence-electron chi connectivity index (χ0n) is 10.6. The van der Waals surface area contributed by atoms with Gasteiger partial charge in [-0.1, -0.05) is 23.2 Å². The molecule has 4 heteroatoms. The molecule has 0 amide bonds. The molecule has 0 unspecified atom stereocenters. The van der Waals surface area contributed by atoms with Crippen molar-refractivity contribution in [3.8, 4) is 11.3 Å². The molecule has 0 aliphatic carbocycles. The highest BCUT2D eigenvalue weighted by molar-refractivity contribution is 6.36. The molecule has 0 fully saturated rings. The molecule has 0 saturated heterocycles. The van der Waals surface area contributed by atoms with Crippen molar-refractivity contribution in [1.82, 2.24) is 9.38 Å². The summed E-state index contributed by atoms with van der Waals surface area (Å²) in [4.78, 5) is 4.45. The molecular weight excluding hydrogens is 279 g/mol. The quantitative estimate of drug-likeness (QED) is 0.621. The first-order chi connectivity index (χ1) is 9.06. The molecule has 2 nitrogen and oxygen atoms in total. The molecule has 1 aromatic carbocycles. The van der Waals surface area contributed by atoms with Gasteiger partial charge in [0.25, 0.3) is 0 Å². The molecule has 0 bridgehead atoms. The number of fused-ring (bicyclic) bond motifs is 1.